The molecule has 10 nitrogen and oxygen atoms in total. The van der Waals surface area contributed by atoms with Crippen LogP contribution >= 0.6 is 0 Å². The van der Waals surface area contributed by atoms with Crippen LogP contribution in [0.5, 0.6) is 11.5 Å². The largest absolute Gasteiger partial charge is 0.497 e. The smallest absolute Gasteiger partial charge is 0.264 e. The second-order valence-electron chi connectivity index (χ2n) is 11.2. The molecule has 5 rings (SSSR count). The second-order valence-corrected chi connectivity index (χ2v) is 11.2. The molecule has 1 aliphatic rings. The molecule has 2 atom stereocenters. The van der Waals surface area contributed by atoms with Gasteiger partial charge in [0.1, 0.15) is 11.5 Å². The molecule has 4 N–H and O–H groups in total. The average Bonchev–Trinajstić information content (AvgIpc) is 3.31. The lowest BCUT2D eigenvalue weighted by Gasteiger charge is -2.28. The van der Waals surface area contributed by atoms with Crippen molar-refractivity contribution < 1.29 is 34.1 Å². The SMILES string of the molecule is COc1ccc(C(=O)Nc2ccc(CN3C(=O)[C@](O)([C@H](C)/C=C/CCO)c4cc(NC(=O)c5ccc(OC)cc5)ccc43)cc2)cc1. The van der Waals surface area contributed by atoms with Gasteiger partial charge in [-0.1, -0.05) is 31.2 Å². The van der Waals surface area contributed by atoms with Crippen molar-refractivity contribution in [1.29, 1.82) is 0 Å². The topological polar surface area (TPSA) is 137 Å². The number of carbonyl (C=O) groups is 3. The lowest BCUT2D eigenvalue weighted by atomic mass is 9.82. The molecule has 1 aliphatic heterocycles. The molecule has 0 aliphatic carbocycles. The van der Waals surface area contributed by atoms with Gasteiger partial charge in [-0.3, -0.25) is 14.4 Å². The number of carbonyl (C=O) groups excluding carboxylic acids is 3. The number of aliphatic hydroxyl groups excluding tert-OH is 1. The molecular weight excluding hydrogens is 598 g/mol. The average molecular weight is 636 g/mol. The van der Waals surface area contributed by atoms with Crippen molar-refractivity contribution in [3.05, 3.63) is 125 Å². The molecule has 4 aromatic carbocycles. The fraction of sp³-hybridized carbons (Fsp3) is 0.216. The number of nitrogens with one attached hydrogen (secondary N) is 2. The van der Waals surface area contributed by atoms with Crippen molar-refractivity contribution in [2.24, 2.45) is 5.92 Å². The summed E-state index contributed by atoms with van der Waals surface area (Å²) in [6.07, 6.45) is 3.82. The standard InChI is InChI=1S/C37H37N3O7/c1-24(6-4-5-21-41)37(45)32-22-29(39-35(43)27-11-18-31(47-3)19-12-27)15-20-33(32)40(36(37)44)23-25-7-13-28(14-8-25)38-34(42)26-9-16-30(46-2)17-10-26/h4,6-20,22,24,41,45H,5,21,23H2,1-3H3,(H,38,42)(H,39,43)/b6-4+/t24-,37+/m1/s1. The molecule has 0 saturated carbocycles. The molecule has 0 bridgehead atoms. The summed E-state index contributed by atoms with van der Waals surface area (Å²) in [5.74, 6) is -0.503. The molecule has 242 valence electrons. The van der Waals surface area contributed by atoms with Gasteiger partial charge in [0, 0.05) is 40.6 Å². The number of hydrogen-bond donors (Lipinski definition) is 4. The first-order valence-corrected chi connectivity index (χ1v) is 15.1. The molecule has 10 heteroatoms. The highest BCUT2D eigenvalue weighted by Crippen LogP contribution is 2.47. The molecule has 0 unspecified atom stereocenters. The molecule has 0 fully saturated rings. The van der Waals surface area contributed by atoms with Gasteiger partial charge in [-0.05, 0) is 90.8 Å². The van der Waals surface area contributed by atoms with Crippen LogP contribution in [-0.4, -0.2) is 48.8 Å². The number of benzene rings is 4. The van der Waals surface area contributed by atoms with Crippen LogP contribution in [0.4, 0.5) is 17.1 Å². The van der Waals surface area contributed by atoms with Crippen molar-refractivity contribution in [3.8, 4) is 11.5 Å². The summed E-state index contributed by atoms with van der Waals surface area (Å²) in [7, 11) is 3.11. The Morgan fingerprint density at radius 3 is 1.89 bits per heavy atom. The van der Waals surface area contributed by atoms with Crippen molar-refractivity contribution in [1.82, 2.24) is 0 Å². The van der Waals surface area contributed by atoms with Crippen molar-refractivity contribution in [2.75, 3.05) is 36.4 Å². The summed E-state index contributed by atoms with van der Waals surface area (Å²) in [5.41, 5.74) is 1.63. The Hall–Kier alpha value is -5.45. The van der Waals surface area contributed by atoms with Gasteiger partial charge in [0.15, 0.2) is 5.60 Å². The first kappa shape index (κ1) is 32.9. The Kier molecular flexibility index (Phi) is 10.0. The number of rotatable bonds is 12. The predicted octanol–water partition coefficient (Wildman–Crippen LogP) is 5.52. The molecule has 0 spiro atoms. The number of ether oxygens (including phenoxy) is 2. The van der Waals surface area contributed by atoms with E-state index in [1.54, 1.807) is 112 Å². The number of aliphatic hydroxyl groups is 2. The van der Waals surface area contributed by atoms with Gasteiger partial charge in [0.05, 0.1) is 26.5 Å². The van der Waals surface area contributed by atoms with E-state index in [2.05, 4.69) is 10.6 Å². The highest BCUT2D eigenvalue weighted by Gasteiger charge is 2.52. The van der Waals surface area contributed by atoms with Crippen molar-refractivity contribution in [2.45, 2.75) is 25.5 Å². The van der Waals surface area contributed by atoms with Gasteiger partial charge in [0.25, 0.3) is 17.7 Å². The van der Waals surface area contributed by atoms with Gasteiger partial charge in [-0.25, -0.2) is 0 Å². The number of anilines is 3. The maximum atomic E-state index is 14.0. The van der Waals surface area contributed by atoms with Crippen LogP contribution in [0.15, 0.2) is 103 Å². The van der Waals surface area contributed by atoms with Crippen molar-refractivity contribution >= 4 is 34.8 Å². The number of fused-ring (bicyclic) bond motifs is 1. The van der Waals surface area contributed by atoms with E-state index in [0.29, 0.717) is 51.7 Å². The van der Waals surface area contributed by atoms with E-state index in [1.807, 2.05) is 12.1 Å². The van der Waals surface area contributed by atoms with Gasteiger partial charge >= 0.3 is 0 Å². The Balaban J connectivity index is 1.38. The molecule has 3 amide bonds. The monoisotopic (exact) mass is 635 g/mol. The fourth-order valence-corrected chi connectivity index (χ4v) is 5.46. The molecule has 4 aromatic rings. The van der Waals surface area contributed by atoms with E-state index >= 15 is 0 Å². The minimum atomic E-state index is -1.92. The summed E-state index contributed by atoms with van der Waals surface area (Å²) in [6.45, 7) is 1.84. The van der Waals surface area contributed by atoms with E-state index in [4.69, 9.17) is 9.47 Å². The minimum Gasteiger partial charge on any atom is -0.497 e. The zero-order valence-electron chi connectivity index (χ0n) is 26.4. The normalized spacial score (nSPS) is 16.1. The summed E-state index contributed by atoms with van der Waals surface area (Å²) < 4.78 is 10.3. The Labute approximate surface area is 273 Å². The molecule has 0 saturated heterocycles. The maximum Gasteiger partial charge on any atom is 0.264 e. The predicted molar refractivity (Wildman–Crippen MR) is 180 cm³/mol. The summed E-state index contributed by atoms with van der Waals surface area (Å²) in [5, 5.41) is 27.0. The number of amides is 3. The Morgan fingerprint density at radius 1 is 0.830 bits per heavy atom. The van der Waals surface area contributed by atoms with E-state index in [0.717, 1.165) is 5.56 Å². The zero-order valence-corrected chi connectivity index (χ0v) is 26.4. The quantitative estimate of drug-likeness (QED) is 0.151. The third-order valence-corrected chi connectivity index (χ3v) is 8.16. The summed E-state index contributed by atoms with van der Waals surface area (Å²) in [4.78, 5) is 41.2. The van der Waals surface area contributed by atoms with E-state index in [1.165, 1.54) is 4.90 Å². The molecule has 47 heavy (non-hydrogen) atoms. The number of methoxy groups -OCH3 is 2. The highest BCUT2D eigenvalue weighted by molar-refractivity contribution is 6.09. The zero-order chi connectivity index (χ0) is 33.6. The summed E-state index contributed by atoms with van der Waals surface area (Å²) >= 11 is 0. The van der Waals surface area contributed by atoms with Crippen LogP contribution in [0, 0.1) is 5.92 Å². The van der Waals surface area contributed by atoms with Crippen molar-refractivity contribution in [3.63, 3.8) is 0 Å². The second kappa shape index (κ2) is 14.3. The first-order chi connectivity index (χ1) is 22.7. The van der Waals surface area contributed by atoms with Crippen LogP contribution in [-0.2, 0) is 16.9 Å². The van der Waals surface area contributed by atoms with Gasteiger partial charge < -0.3 is 35.2 Å². The Morgan fingerprint density at radius 2 is 1.36 bits per heavy atom. The molecule has 1 heterocycles. The van der Waals surface area contributed by atoms with Gasteiger partial charge in [0.2, 0.25) is 0 Å². The number of hydrogen-bond acceptors (Lipinski definition) is 7. The van der Waals surface area contributed by atoms with Gasteiger partial charge in [-0.2, -0.15) is 0 Å². The fourth-order valence-electron chi connectivity index (χ4n) is 5.46. The lowest BCUT2D eigenvalue weighted by molar-refractivity contribution is -0.139. The van der Waals surface area contributed by atoms with Crippen LogP contribution in [0.1, 0.15) is 45.2 Å². The Bertz CT molecular complexity index is 1770. The van der Waals surface area contributed by atoms with Crippen LogP contribution in [0.3, 0.4) is 0 Å². The molecule has 0 aromatic heterocycles. The molecular formula is C37H37N3O7. The van der Waals surface area contributed by atoms with E-state index in [-0.39, 0.29) is 25.0 Å². The van der Waals surface area contributed by atoms with Gasteiger partial charge in [-0.15, -0.1) is 0 Å². The third kappa shape index (κ3) is 7.04. The summed E-state index contributed by atoms with van der Waals surface area (Å²) in [6, 6.07) is 25.6. The molecule has 0 radical (unpaired) electrons. The van der Waals surface area contributed by atoms with Crippen LogP contribution < -0.4 is 25.0 Å². The van der Waals surface area contributed by atoms with E-state index in [9.17, 15) is 24.6 Å². The maximum absolute atomic E-state index is 14.0. The number of nitrogens with zero attached hydrogens (tertiary/aromatic N) is 1. The van der Waals surface area contributed by atoms with Crippen LogP contribution in [0.2, 0.25) is 0 Å². The minimum absolute atomic E-state index is 0.0591. The highest BCUT2D eigenvalue weighted by atomic mass is 16.5. The lowest BCUT2D eigenvalue weighted by Crippen LogP contribution is -2.44. The first-order valence-electron chi connectivity index (χ1n) is 15.1. The third-order valence-electron chi connectivity index (χ3n) is 8.16. The van der Waals surface area contributed by atoms with E-state index < -0.39 is 17.4 Å². The van der Waals surface area contributed by atoms with Crippen LogP contribution in [0.25, 0.3) is 0 Å².